The molecule has 0 fully saturated rings. The summed E-state index contributed by atoms with van der Waals surface area (Å²) < 4.78 is 7.67. The predicted molar refractivity (Wildman–Crippen MR) is 91.5 cm³/mol. The van der Waals surface area contributed by atoms with Gasteiger partial charge in [0.15, 0.2) is 11.8 Å². The number of fused-ring (bicyclic) bond motifs is 1. The molecule has 7 heteroatoms. The first-order chi connectivity index (χ1) is 11.1. The van der Waals surface area contributed by atoms with E-state index in [1.54, 1.807) is 7.11 Å². The minimum absolute atomic E-state index is 0.234. The fraction of sp³-hybridized carbons (Fsp3) is 0.812. The minimum atomic E-state index is -0.234. The number of aryl methyl sites for hydroxylation is 1. The van der Waals surface area contributed by atoms with Gasteiger partial charge in [-0.1, -0.05) is 6.42 Å². The molecule has 0 atom stereocenters. The smallest absolute Gasteiger partial charge is 0.191 e. The van der Waals surface area contributed by atoms with Crippen LogP contribution in [0.3, 0.4) is 0 Å². The minimum Gasteiger partial charge on any atom is -0.377 e. The number of nitrogens with zero attached hydrogens (tertiary/aromatic N) is 4. The third-order valence-corrected chi connectivity index (χ3v) is 4.14. The maximum absolute atomic E-state index is 5.43. The van der Waals surface area contributed by atoms with Gasteiger partial charge in [0.05, 0.1) is 5.60 Å². The lowest BCUT2D eigenvalue weighted by molar-refractivity contribution is 0.0268. The molecule has 1 aliphatic rings. The molecule has 0 saturated carbocycles. The van der Waals surface area contributed by atoms with E-state index in [9.17, 15) is 0 Å². The van der Waals surface area contributed by atoms with Crippen LogP contribution in [0, 0.1) is 0 Å². The van der Waals surface area contributed by atoms with Crippen molar-refractivity contribution in [2.45, 2.75) is 65.1 Å². The van der Waals surface area contributed by atoms with Gasteiger partial charge in [-0.15, -0.1) is 10.2 Å². The van der Waals surface area contributed by atoms with Gasteiger partial charge >= 0.3 is 0 Å². The summed E-state index contributed by atoms with van der Waals surface area (Å²) in [6, 6.07) is 0. The Balaban J connectivity index is 2.01. The molecule has 1 aromatic rings. The largest absolute Gasteiger partial charge is 0.377 e. The number of methoxy groups -OCH3 is 1. The Hall–Kier alpha value is -1.63. The van der Waals surface area contributed by atoms with Crippen LogP contribution in [0.5, 0.6) is 0 Å². The highest BCUT2D eigenvalue weighted by atomic mass is 16.5. The highest BCUT2D eigenvalue weighted by Crippen LogP contribution is 2.14. The lowest BCUT2D eigenvalue weighted by Crippen LogP contribution is -2.45. The first-order valence-corrected chi connectivity index (χ1v) is 8.54. The summed E-state index contributed by atoms with van der Waals surface area (Å²) in [7, 11) is 1.72. The van der Waals surface area contributed by atoms with Crippen molar-refractivity contribution in [1.29, 1.82) is 0 Å². The highest BCUT2D eigenvalue weighted by Gasteiger charge is 2.17. The molecule has 0 spiro atoms. The molecule has 23 heavy (non-hydrogen) atoms. The average Bonchev–Trinajstić information content (AvgIpc) is 2.77. The summed E-state index contributed by atoms with van der Waals surface area (Å²) in [6.45, 7) is 9.19. The van der Waals surface area contributed by atoms with Crippen LogP contribution in [0.2, 0.25) is 0 Å². The van der Waals surface area contributed by atoms with Crippen molar-refractivity contribution in [3.05, 3.63) is 11.6 Å². The van der Waals surface area contributed by atoms with Gasteiger partial charge < -0.3 is 19.9 Å². The Bertz CT molecular complexity index is 523. The molecule has 0 bridgehead atoms. The maximum Gasteiger partial charge on any atom is 0.191 e. The molecule has 0 amide bonds. The molecule has 0 saturated heterocycles. The quantitative estimate of drug-likeness (QED) is 0.613. The molecular weight excluding hydrogens is 292 g/mol. The van der Waals surface area contributed by atoms with Crippen molar-refractivity contribution in [2.75, 3.05) is 20.2 Å². The van der Waals surface area contributed by atoms with Crippen LogP contribution in [0.25, 0.3) is 0 Å². The summed E-state index contributed by atoms with van der Waals surface area (Å²) in [6.07, 6.45) is 4.69. The summed E-state index contributed by atoms with van der Waals surface area (Å²) in [4.78, 5) is 4.65. The highest BCUT2D eigenvalue weighted by molar-refractivity contribution is 5.79. The molecule has 130 valence electrons. The zero-order valence-electron chi connectivity index (χ0n) is 14.9. The molecule has 0 aromatic carbocycles. The van der Waals surface area contributed by atoms with E-state index in [2.05, 4.69) is 37.3 Å². The number of hydrogen-bond donors (Lipinski definition) is 2. The monoisotopic (exact) mass is 322 g/mol. The molecule has 0 aliphatic carbocycles. The molecule has 1 aliphatic heterocycles. The van der Waals surface area contributed by atoms with Crippen LogP contribution in [-0.2, 0) is 24.2 Å². The summed E-state index contributed by atoms with van der Waals surface area (Å²) >= 11 is 0. The molecule has 7 nitrogen and oxygen atoms in total. The number of ether oxygens (including phenoxy) is 1. The number of aliphatic imine (C=N–C) groups is 1. The lowest BCUT2D eigenvalue weighted by Gasteiger charge is -2.24. The maximum atomic E-state index is 5.43. The van der Waals surface area contributed by atoms with Crippen molar-refractivity contribution in [1.82, 2.24) is 25.4 Å². The van der Waals surface area contributed by atoms with Gasteiger partial charge in [0.2, 0.25) is 0 Å². The number of guanidine groups is 1. The molecule has 1 aromatic heterocycles. The van der Waals surface area contributed by atoms with Gasteiger partial charge in [0, 0.05) is 33.2 Å². The third-order valence-electron chi connectivity index (χ3n) is 4.14. The molecule has 0 radical (unpaired) electrons. The number of nitrogens with one attached hydrogen (secondary N) is 2. The summed E-state index contributed by atoms with van der Waals surface area (Å²) in [5.41, 5.74) is -0.234. The number of hydrogen-bond acceptors (Lipinski definition) is 4. The second-order valence-corrected chi connectivity index (χ2v) is 6.51. The second-order valence-electron chi connectivity index (χ2n) is 6.51. The molecule has 2 heterocycles. The SMILES string of the molecule is CCNC(=NCc1nnc2n1CCCCC2)NCC(C)(C)OC. The number of rotatable bonds is 6. The first kappa shape index (κ1) is 17.7. The van der Waals surface area contributed by atoms with E-state index in [-0.39, 0.29) is 5.60 Å². The van der Waals surface area contributed by atoms with Crippen LogP contribution in [-0.4, -0.2) is 46.5 Å². The van der Waals surface area contributed by atoms with Crippen molar-refractivity contribution in [3.8, 4) is 0 Å². The van der Waals surface area contributed by atoms with E-state index in [4.69, 9.17) is 4.74 Å². The van der Waals surface area contributed by atoms with Crippen molar-refractivity contribution >= 4 is 5.96 Å². The topological polar surface area (TPSA) is 76.4 Å². The Morgan fingerprint density at radius 2 is 2.09 bits per heavy atom. The summed E-state index contributed by atoms with van der Waals surface area (Å²) in [5.74, 6) is 2.83. The zero-order valence-corrected chi connectivity index (χ0v) is 14.9. The Morgan fingerprint density at radius 1 is 1.26 bits per heavy atom. The molecular formula is C16H30N6O. The van der Waals surface area contributed by atoms with Crippen LogP contribution < -0.4 is 10.6 Å². The van der Waals surface area contributed by atoms with E-state index in [0.717, 1.165) is 37.1 Å². The van der Waals surface area contributed by atoms with E-state index in [1.807, 2.05) is 13.8 Å². The Kier molecular flexibility index (Phi) is 6.38. The predicted octanol–water partition coefficient (Wildman–Crippen LogP) is 1.48. The first-order valence-electron chi connectivity index (χ1n) is 8.54. The van der Waals surface area contributed by atoms with E-state index < -0.39 is 0 Å². The summed E-state index contributed by atoms with van der Waals surface area (Å²) in [5, 5.41) is 15.2. The fourth-order valence-electron chi connectivity index (χ4n) is 2.52. The third kappa shape index (κ3) is 5.20. The van der Waals surface area contributed by atoms with Crippen LogP contribution in [0.1, 0.15) is 51.7 Å². The van der Waals surface area contributed by atoms with E-state index in [0.29, 0.717) is 13.1 Å². The van der Waals surface area contributed by atoms with Gasteiger partial charge in [0.1, 0.15) is 12.4 Å². The van der Waals surface area contributed by atoms with Crippen molar-refractivity contribution < 1.29 is 4.74 Å². The van der Waals surface area contributed by atoms with E-state index in [1.165, 1.54) is 19.3 Å². The zero-order chi connectivity index (χ0) is 16.7. The van der Waals surface area contributed by atoms with Gasteiger partial charge in [0.25, 0.3) is 0 Å². The Morgan fingerprint density at radius 3 is 2.83 bits per heavy atom. The van der Waals surface area contributed by atoms with Gasteiger partial charge in [-0.3, -0.25) is 0 Å². The lowest BCUT2D eigenvalue weighted by atomic mass is 10.1. The second kappa shape index (κ2) is 8.29. The average molecular weight is 322 g/mol. The van der Waals surface area contributed by atoms with Crippen LogP contribution in [0.4, 0.5) is 0 Å². The normalized spacial score (nSPS) is 15.9. The van der Waals surface area contributed by atoms with Gasteiger partial charge in [-0.05, 0) is 33.6 Å². The van der Waals surface area contributed by atoms with Gasteiger partial charge in [-0.25, -0.2) is 4.99 Å². The van der Waals surface area contributed by atoms with Crippen LogP contribution >= 0.6 is 0 Å². The van der Waals surface area contributed by atoms with Crippen molar-refractivity contribution in [2.24, 2.45) is 4.99 Å². The fourth-order valence-corrected chi connectivity index (χ4v) is 2.52. The van der Waals surface area contributed by atoms with Gasteiger partial charge in [-0.2, -0.15) is 0 Å². The van der Waals surface area contributed by atoms with E-state index >= 15 is 0 Å². The molecule has 0 unspecified atom stereocenters. The van der Waals surface area contributed by atoms with Crippen LogP contribution in [0.15, 0.2) is 4.99 Å². The Labute approximate surface area is 138 Å². The number of aromatic nitrogens is 3. The molecule has 2 rings (SSSR count). The molecule has 2 N–H and O–H groups in total. The van der Waals surface area contributed by atoms with Crippen molar-refractivity contribution in [3.63, 3.8) is 0 Å². The standard InChI is InChI=1S/C16H30N6O/c1-5-17-15(19-12-16(2,3)23-4)18-11-14-21-20-13-9-7-6-8-10-22(13)14/h5-12H2,1-4H3,(H2,17,18,19).